The molecule has 2 aliphatic rings. The van der Waals surface area contributed by atoms with Gasteiger partial charge in [-0.15, -0.1) is 0 Å². The number of rotatable bonds is 2. The summed E-state index contributed by atoms with van der Waals surface area (Å²) in [4.78, 5) is 16.1. The van der Waals surface area contributed by atoms with Gasteiger partial charge in [0.2, 0.25) is 5.89 Å². The van der Waals surface area contributed by atoms with Gasteiger partial charge in [0, 0.05) is 0 Å². The fourth-order valence-electron chi connectivity index (χ4n) is 3.69. The number of amides is 1. The van der Waals surface area contributed by atoms with Gasteiger partial charge in [0.1, 0.15) is 5.52 Å². The molecular formula is C15H17N3O2. The third kappa shape index (κ3) is 1.59. The van der Waals surface area contributed by atoms with Crippen molar-refractivity contribution in [2.75, 3.05) is 6.54 Å². The van der Waals surface area contributed by atoms with Gasteiger partial charge in [-0.2, -0.15) is 0 Å². The van der Waals surface area contributed by atoms with E-state index in [4.69, 9.17) is 10.2 Å². The summed E-state index contributed by atoms with van der Waals surface area (Å²) >= 11 is 0. The number of hydrogen-bond donors (Lipinski definition) is 2. The SMILES string of the molecule is NC(=O)c1cccc2oc([C@@]34CCC[C@H](CN3)C4)nc12. The van der Waals surface area contributed by atoms with Gasteiger partial charge in [0.05, 0.1) is 11.1 Å². The van der Waals surface area contributed by atoms with Crippen LogP contribution in [0.2, 0.25) is 0 Å². The normalized spacial score (nSPS) is 28.9. The molecule has 0 unspecified atom stereocenters. The number of para-hydroxylation sites is 1. The highest BCUT2D eigenvalue weighted by atomic mass is 16.4. The third-order valence-electron chi connectivity index (χ3n) is 4.68. The number of primary amides is 1. The lowest BCUT2D eigenvalue weighted by atomic mass is 9.80. The van der Waals surface area contributed by atoms with Crippen LogP contribution in [0.4, 0.5) is 0 Å². The standard InChI is InChI=1S/C15H17N3O2/c16-13(19)10-4-1-5-11-12(10)18-14(20-11)15-6-2-3-9(7-15)8-17-15/h1,4-5,9,17H,2-3,6-8H2,(H2,16,19)/t9-,15-/m0/s1. The molecule has 0 radical (unpaired) electrons. The van der Waals surface area contributed by atoms with Crippen LogP contribution < -0.4 is 11.1 Å². The Kier molecular flexibility index (Phi) is 2.41. The average Bonchev–Trinajstić information content (AvgIpc) is 3.00. The minimum absolute atomic E-state index is 0.142. The van der Waals surface area contributed by atoms with E-state index in [0.717, 1.165) is 25.3 Å². The van der Waals surface area contributed by atoms with Gasteiger partial charge in [0.25, 0.3) is 5.91 Å². The van der Waals surface area contributed by atoms with E-state index in [9.17, 15) is 4.79 Å². The second kappa shape index (κ2) is 4.06. The Morgan fingerprint density at radius 1 is 1.50 bits per heavy atom. The summed E-state index contributed by atoms with van der Waals surface area (Å²) in [6, 6.07) is 5.31. The summed E-state index contributed by atoms with van der Waals surface area (Å²) in [6.07, 6.45) is 4.59. The van der Waals surface area contributed by atoms with Crippen LogP contribution in [0.1, 0.15) is 41.9 Å². The van der Waals surface area contributed by atoms with Crippen molar-refractivity contribution in [3.8, 4) is 0 Å². The molecule has 20 heavy (non-hydrogen) atoms. The summed E-state index contributed by atoms with van der Waals surface area (Å²) < 4.78 is 5.94. The molecule has 2 bridgehead atoms. The molecule has 1 amide bonds. The Labute approximate surface area is 116 Å². The maximum atomic E-state index is 11.5. The van der Waals surface area contributed by atoms with Crippen molar-refractivity contribution in [2.24, 2.45) is 11.7 Å². The minimum atomic E-state index is -0.464. The molecule has 3 N–H and O–H groups in total. The van der Waals surface area contributed by atoms with Crippen molar-refractivity contribution in [2.45, 2.75) is 31.2 Å². The molecule has 5 nitrogen and oxygen atoms in total. The zero-order chi connectivity index (χ0) is 13.7. The fraction of sp³-hybridized carbons (Fsp3) is 0.467. The lowest BCUT2D eigenvalue weighted by Gasteiger charge is -2.29. The van der Waals surface area contributed by atoms with Gasteiger partial charge in [-0.05, 0) is 43.9 Å². The van der Waals surface area contributed by atoms with E-state index >= 15 is 0 Å². The Morgan fingerprint density at radius 2 is 2.40 bits per heavy atom. The lowest BCUT2D eigenvalue weighted by Crippen LogP contribution is -2.37. The second-order valence-electron chi connectivity index (χ2n) is 5.96. The van der Waals surface area contributed by atoms with Crippen LogP contribution in [-0.2, 0) is 5.54 Å². The Balaban J connectivity index is 1.85. The molecule has 2 fully saturated rings. The molecular weight excluding hydrogens is 254 g/mol. The van der Waals surface area contributed by atoms with Crippen molar-refractivity contribution in [3.63, 3.8) is 0 Å². The summed E-state index contributed by atoms with van der Waals surface area (Å²) in [5.41, 5.74) is 6.92. The zero-order valence-corrected chi connectivity index (χ0v) is 11.2. The predicted molar refractivity (Wildman–Crippen MR) is 74.2 cm³/mol. The van der Waals surface area contributed by atoms with Gasteiger partial charge in [0.15, 0.2) is 5.58 Å². The second-order valence-corrected chi connectivity index (χ2v) is 5.96. The van der Waals surface area contributed by atoms with E-state index in [0.29, 0.717) is 22.6 Å². The molecule has 1 saturated heterocycles. The molecule has 2 aromatic rings. The smallest absolute Gasteiger partial charge is 0.251 e. The molecule has 0 spiro atoms. The molecule has 1 saturated carbocycles. The van der Waals surface area contributed by atoms with Gasteiger partial charge in [-0.1, -0.05) is 12.5 Å². The largest absolute Gasteiger partial charge is 0.439 e. The predicted octanol–water partition coefficient (Wildman–Crippen LogP) is 1.92. The topological polar surface area (TPSA) is 81.2 Å². The first-order valence-electron chi connectivity index (χ1n) is 7.13. The number of nitrogens with zero attached hydrogens (tertiary/aromatic N) is 1. The quantitative estimate of drug-likeness (QED) is 0.874. The highest BCUT2D eigenvalue weighted by Gasteiger charge is 2.46. The molecule has 1 aromatic heterocycles. The minimum Gasteiger partial charge on any atom is -0.439 e. The number of aromatic nitrogens is 1. The van der Waals surface area contributed by atoms with Crippen LogP contribution in [0.5, 0.6) is 0 Å². The first kappa shape index (κ1) is 11.9. The Bertz CT molecular complexity index is 689. The molecule has 1 aromatic carbocycles. The summed E-state index contributed by atoms with van der Waals surface area (Å²) in [7, 11) is 0. The van der Waals surface area contributed by atoms with Crippen LogP contribution in [0, 0.1) is 5.92 Å². The first-order valence-corrected chi connectivity index (χ1v) is 7.13. The van der Waals surface area contributed by atoms with Crippen LogP contribution in [-0.4, -0.2) is 17.4 Å². The number of benzene rings is 1. The highest BCUT2D eigenvalue weighted by Crippen LogP contribution is 2.44. The lowest BCUT2D eigenvalue weighted by molar-refractivity contribution is 0.100. The van der Waals surface area contributed by atoms with E-state index in [1.807, 2.05) is 6.07 Å². The summed E-state index contributed by atoms with van der Waals surface area (Å²) in [5, 5.41) is 3.59. The van der Waals surface area contributed by atoms with E-state index in [1.165, 1.54) is 12.8 Å². The average molecular weight is 271 g/mol. The van der Waals surface area contributed by atoms with Crippen molar-refractivity contribution in [1.29, 1.82) is 0 Å². The molecule has 1 aliphatic carbocycles. The monoisotopic (exact) mass is 271 g/mol. The van der Waals surface area contributed by atoms with Gasteiger partial charge in [-0.3, -0.25) is 4.79 Å². The van der Waals surface area contributed by atoms with Crippen LogP contribution >= 0.6 is 0 Å². The zero-order valence-electron chi connectivity index (χ0n) is 11.2. The summed E-state index contributed by atoms with van der Waals surface area (Å²) in [6.45, 7) is 1.03. The highest BCUT2D eigenvalue weighted by molar-refractivity contribution is 6.03. The van der Waals surface area contributed by atoms with Crippen molar-refractivity contribution >= 4 is 17.0 Å². The van der Waals surface area contributed by atoms with Crippen molar-refractivity contribution < 1.29 is 9.21 Å². The van der Waals surface area contributed by atoms with Gasteiger partial charge >= 0.3 is 0 Å². The summed E-state index contributed by atoms with van der Waals surface area (Å²) in [5.74, 6) is 0.964. The Morgan fingerprint density at radius 3 is 3.25 bits per heavy atom. The van der Waals surface area contributed by atoms with Crippen LogP contribution in [0.15, 0.2) is 22.6 Å². The molecule has 1 aliphatic heterocycles. The van der Waals surface area contributed by atoms with E-state index in [2.05, 4.69) is 10.3 Å². The van der Waals surface area contributed by atoms with E-state index in [-0.39, 0.29) is 5.54 Å². The maximum absolute atomic E-state index is 11.5. The van der Waals surface area contributed by atoms with E-state index in [1.54, 1.807) is 12.1 Å². The number of fused-ring (bicyclic) bond motifs is 3. The van der Waals surface area contributed by atoms with Gasteiger partial charge in [-0.25, -0.2) is 4.98 Å². The molecule has 4 rings (SSSR count). The van der Waals surface area contributed by atoms with Crippen molar-refractivity contribution in [1.82, 2.24) is 10.3 Å². The maximum Gasteiger partial charge on any atom is 0.251 e. The fourth-order valence-corrected chi connectivity index (χ4v) is 3.69. The van der Waals surface area contributed by atoms with E-state index < -0.39 is 5.91 Å². The molecule has 2 heterocycles. The first-order chi connectivity index (χ1) is 9.68. The molecule has 104 valence electrons. The number of hydrogen-bond acceptors (Lipinski definition) is 4. The number of nitrogens with one attached hydrogen (secondary N) is 1. The molecule has 5 heteroatoms. The number of carbonyl (C=O) groups is 1. The van der Waals surface area contributed by atoms with Crippen LogP contribution in [0.3, 0.4) is 0 Å². The Hall–Kier alpha value is -1.88. The van der Waals surface area contributed by atoms with Gasteiger partial charge < -0.3 is 15.5 Å². The number of oxazole rings is 1. The van der Waals surface area contributed by atoms with Crippen LogP contribution in [0.25, 0.3) is 11.1 Å². The van der Waals surface area contributed by atoms with Crippen molar-refractivity contribution in [3.05, 3.63) is 29.7 Å². The number of carbonyl (C=O) groups excluding carboxylic acids is 1. The number of nitrogens with two attached hydrogens (primary N) is 1. The molecule has 2 atom stereocenters. The third-order valence-corrected chi connectivity index (χ3v) is 4.68.